The van der Waals surface area contributed by atoms with Gasteiger partial charge in [-0.3, -0.25) is 9.59 Å². The van der Waals surface area contributed by atoms with Crippen LogP contribution in [0.5, 0.6) is 0 Å². The van der Waals surface area contributed by atoms with E-state index in [0.29, 0.717) is 28.1 Å². The smallest absolute Gasteiger partial charge is 0.341 e. The topological polar surface area (TPSA) is 129 Å². The van der Waals surface area contributed by atoms with Crippen LogP contribution in [-0.2, 0) is 16.1 Å². The van der Waals surface area contributed by atoms with Gasteiger partial charge in [0, 0.05) is 17.1 Å². The molecule has 3 aromatic rings. The maximum Gasteiger partial charge on any atom is 0.341 e. The van der Waals surface area contributed by atoms with Gasteiger partial charge in [0.15, 0.2) is 11.0 Å². The van der Waals surface area contributed by atoms with Crippen molar-refractivity contribution in [1.82, 2.24) is 14.8 Å². The maximum absolute atomic E-state index is 12.6. The van der Waals surface area contributed by atoms with Crippen molar-refractivity contribution in [2.45, 2.75) is 25.5 Å². The molecule has 12 heteroatoms. The minimum Gasteiger partial charge on any atom is -0.465 e. The lowest BCUT2D eigenvalue weighted by molar-refractivity contribution is -0.113. The summed E-state index contributed by atoms with van der Waals surface area (Å²) < 4.78 is 6.65. The summed E-state index contributed by atoms with van der Waals surface area (Å²) in [6.45, 7) is 4.12. The van der Waals surface area contributed by atoms with E-state index < -0.39 is 11.9 Å². The van der Waals surface area contributed by atoms with Crippen molar-refractivity contribution in [2.24, 2.45) is 5.73 Å². The molecule has 0 aliphatic heterocycles. The van der Waals surface area contributed by atoms with E-state index in [1.54, 1.807) is 19.1 Å². The number of hydrogen-bond donors (Lipinski definition) is 2. The third-order valence-corrected chi connectivity index (χ3v) is 6.88. The van der Waals surface area contributed by atoms with Gasteiger partial charge in [-0.25, -0.2) is 4.79 Å². The molecular formula is C20H20ClN5O4S2. The Bertz CT molecular complexity index is 1190. The fourth-order valence-corrected chi connectivity index (χ4v) is 5.05. The van der Waals surface area contributed by atoms with Crippen molar-refractivity contribution in [3.8, 4) is 11.4 Å². The molecule has 1 aromatic carbocycles. The summed E-state index contributed by atoms with van der Waals surface area (Å²) >= 11 is 8.21. The van der Waals surface area contributed by atoms with Crippen LogP contribution < -0.4 is 11.1 Å². The SMILES string of the molecule is CCn1c(SCC(=O)Nc2sc(C(N)=O)c(C)c2C(=O)OC)nnc1-c1cccc(Cl)c1. The van der Waals surface area contributed by atoms with Gasteiger partial charge in [-0.15, -0.1) is 21.5 Å². The highest BCUT2D eigenvalue weighted by molar-refractivity contribution is 7.99. The summed E-state index contributed by atoms with van der Waals surface area (Å²) in [4.78, 5) is 36.6. The van der Waals surface area contributed by atoms with E-state index >= 15 is 0 Å². The standard InChI is InChI=1S/C20H20ClN5O4S2/c1-4-26-17(11-6-5-7-12(21)8-11)24-25-20(26)31-9-13(27)23-18-14(19(29)30-3)10(2)15(32-18)16(22)28/h5-8H,4,9H2,1-3H3,(H2,22,28)(H,23,27). The van der Waals surface area contributed by atoms with Crippen LogP contribution >= 0.6 is 34.7 Å². The first-order chi connectivity index (χ1) is 15.3. The Balaban J connectivity index is 1.77. The molecule has 0 aliphatic rings. The van der Waals surface area contributed by atoms with Gasteiger partial charge in [0.1, 0.15) is 5.00 Å². The van der Waals surface area contributed by atoms with Crippen molar-refractivity contribution in [3.63, 3.8) is 0 Å². The number of thiophene rings is 1. The van der Waals surface area contributed by atoms with Crippen LogP contribution in [0.4, 0.5) is 5.00 Å². The van der Waals surface area contributed by atoms with Gasteiger partial charge in [-0.05, 0) is 31.5 Å². The number of rotatable bonds is 8. The third kappa shape index (κ3) is 4.95. The zero-order valence-electron chi connectivity index (χ0n) is 17.5. The average molecular weight is 494 g/mol. The zero-order valence-corrected chi connectivity index (χ0v) is 19.9. The summed E-state index contributed by atoms with van der Waals surface area (Å²) in [7, 11) is 1.22. The fourth-order valence-electron chi connectivity index (χ4n) is 3.00. The second kappa shape index (κ2) is 10.2. The van der Waals surface area contributed by atoms with Crippen LogP contribution in [0.1, 0.15) is 32.5 Å². The maximum atomic E-state index is 12.6. The fraction of sp³-hybridized carbons (Fsp3) is 0.250. The number of thioether (sulfide) groups is 1. The molecule has 0 radical (unpaired) electrons. The minimum absolute atomic E-state index is 0.0111. The summed E-state index contributed by atoms with van der Waals surface area (Å²) in [5.41, 5.74) is 6.68. The normalized spacial score (nSPS) is 10.8. The third-order valence-electron chi connectivity index (χ3n) is 4.46. The van der Waals surface area contributed by atoms with Crippen molar-refractivity contribution in [2.75, 3.05) is 18.2 Å². The molecule has 2 aromatic heterocycles. The zero-order chi connectivity index (χ0) is 23.4. The van der Waals surface area contributed by atoms with Gasteiger partial charge < -0.3 is 20.4 Å². The summed E-state index contributed by atoms with van der Waals surface area (Å²) in [6.07, 6.45) is 0. The largest absolute Gasteiger partial charge is 0.465 e. The van der Waals surface area contributed by atoms with Gasteiger partial charge in [-0.2, -0.15) is 0 Å². The number of nitrogens with zero attached hydrogens (tertiary/aromatic N) is 3. The van der Waals surface area contributed by atoms with Crippen LogP contribution in [0.25, 0.3) is 11.4 Å². The molecule has 32 heavy (non-hydrogen) atoms. The van der Waals surface area contributed by atoms with Crippen LogP contribution in [0, 0.1) is 6.92 Å². The highest BCUT2D eigenvalue weighted by atomic mass is 35.5. The second-order valence-corrected chi connectivity index (χ2v) is 8.91. The number of hydrogen-bond acceptors (Lipinski definition) is 8. The molecule has 0 bridgehead atoms. The van der Waals surface area contributed by atoms with Gasteiger partial charge in [0.2, 0.25) is 5.91 Å². The number of amides is 2. The highest BCUT2D eigenvalue weighted by Crippen LogP contribution is 2.34. The molecule has 0 saturated carbocycles. The van der Waals surface area contributed by atoms with Crippen molar-refractivity contribution in [1.29, 1.82) is 0 Å². The summed E-state index contributed by atoms with van der Waals surface area (Å²) in [5, 5.41) is 12.5. The average Bonchev–Trinajstić information content (AvgIpc) is 3.32. The van der Waals surface area contributed by atoms with E-state index in [9.17, 15) is 14.4 Å². The molecule has 0 spiro atoms. The Morgan fingerprint density at radius 1 is 1.31 bits per heavy atom. The Kier molecular flexibility index (Phi) is 7.54. The molecular weight excluding hydrogens is 474 g/mol. The molecule has 0 fully saturated rings. The van der Waals surface area contributed by atoms with Crippen LogP contribution in [0.15, 0.2) is 29.4 Å². The molecule has 0 atom stereocenters. The van der Waals surface area contributed by atoms with Gasteiger partial charge in [0.25, 0.3) is 5.91 Å². The Morgan fingerprint density at radius 3 is 2.69 bits per heavy atom. The number of aromatic nitrogens is 3. The van der Waals surface area contributed by atoms with Gasteiger partial charge in [-0.1, -0.05) is 35.5 Å². The van der Waals surface area contributed by atoms with E-state index in [4.69, 9.17) is 22.1 Å². The van der Waals surface area contributed by atoms with E-state index in [0.717, 1.165) is 16.9 Å². The quantitative estimate of drug-likeness (QED) is 0.362. The predicted molar refractivity (Wildman–Crippen MR) is 124 cm³/mol. The van der Waals surface area contributed by atoms with Crippen LogP contribution in [-0.4, -0.2) is 45.4 Å². The van der Waals surface area contributed by atoms with Gasteiger partial charge in [0.05, 0.1) is 23.3 Å². The highest BCUT2D eigenvalue weighted by Gasteiger charge is 2.25. The first kappa shape index (κ1) is 23.8. The summed E-state index contributed by atoms with van der Waals surface area (Å²) in [5.74, 6) is -1.07. The molecule has 2 amide bonds. The molecule has 3 rings (SSSR count). The molecule has 0 aliphatic carbocycles. The van der Waals surface area contributed by atoms with E-state index in [2.05, 4.69) is 15.5 Å². The minimum atomic E-state index is -0.683. The van der Waals surface area contributed by atoms with E-state index in [1.165, 1.54) is 18.9 Å². The lowest BCUT2D eigenvalue weighted by Gasteiger charge is -2.08. The Morgan fingerprint density at radius 2 is 2.06 bits per heavy atom. The van der Waals surface area contributed by atoms with E-state index in [-0.39, 0.29) is 27.1 Å². The van der Waals surface area contributed by atoms with Crippen molar-refractivity contribution >= 4 is 57.5 Å². The number of methoxy groups -OCH3 is 1. The lowest BCUT2D eigenvalue weighted by atomic mass is 10.1. The van der Waals surface area contributed by atoms with Crippen LogP contribution in [0.2, 0.25) is 5.02 Å². The number of esters is 1. The molecule has 3 N–H and O–H groups in total. The number of ether oxygens (including phenoxy) is 1. The Labute approximate surface area is 197 Å². The van der Waals surface area contributed by atoms with Crippen molar-refractivity contribution in [3.05, 3.63) is 45.3 Å². The first-order valence-corrected chi connectivity index (χ1v) is 11.6. The molecule has 9 nitrogen and oxygen atoms in total. The number of benzene rings is 1. The monoisotopic (exact) mass is 493 g/mol. The Hall–Kier alpha value is -2.89. The predicted octanol–water partition coefficient (Wildman–Crippen LogP) is 3.60. The number of nitrogens with one attached hydrogen (secondary N) is 1. The van der Waals surface area contributed by atoms with E-state index in [1.807, 2.05) is 23.6 Å². The number of carbonyl (C=O) groups excluding carboxylic acids is 3. The summed E-state index contributed by atoms with van der Waals surface area (Å²) in [6, 6.07) is 7.28. The van der Waals surface area contributed by atoms with Crippen LogP contribution in [0.3, 0.4) is 0 Å². The van der Waals surface area contributed by atoms with Gasteiger partial charge >= 0.3 is 5.97 Å². The number of primary amides is 1. The first-order valence-electron chi connectivity index (χ1n) is 9.40. The number of anilines is 1. The lowest BCUT2D eigenvalue weighted by Crippen LogP contribution is -2.16. The number of nitrogens with two attached hydrogens (primary N) is 1. The van der Waals surface area contributed by atoms with Crippen molar-refractivity contribution < 1.29 is 19.1 Å². The second-order valence-electron chi connectivity index (χ2n) is 6.51. The number of carbonyl (C=O) groups is 3. The molecule has 2 heterocycles. The molecule has 168 valence electrons. The number of halogens is 1. The molecule has 0 saturated heterocycles. The molecule has 0 unspecified atom stereocenters.